The van der Waals surface area contributed by atoms with E-state index in [1.54, 1.807) is 0 Å². The fourth-order valence-corrected chi connectivity index (χ4v) is 1.87. The molecule has 8 nitrogen and oxygen atoms in total. The molecule has 1 amide bonds. The Balaban J connectivity index is 1.99. The van der Waals surface area contributed by atoms with Gasteiger partial charge >= 0.3 is 0 Å². The molecule has 0 radical (unpaired) electrons. The van der Waals surface area contributed by atoms with E-state index in [0.29, 0.717) is 5.69 Å². The molecule has 3 aromatic rings. The van der Waals surface area contributed by atoms with Crippen molar-refractivity contribution in [2.24, 2.45) is 0 Å². The molecule has 0 aliphatic carbocycles. The lowest BCUT2D eigenvalue weighted by Crippen LogP contribution is -2.19. The third kappa shape index (κ3) is 2.41. The van der Waals surface area contributed by atoms with Gasteiger partial charge < -0.3 is 5.32 Å². The smallest absolute Gasteiger partial charge is 0.275 e. The summed E-state index contributed by atoms with van der Waals surface area (Å²) in [5, 5.41) is 7.48. The molecule has 0 saturated carbocycles. The van der Waals surface area contributed by atoms with Crippen molar-refractivity contribution in [3.05, 3.63) is 63.2 Å². The van der Waals surface area contributed by atoms with E-state index in [2.05, 4.69) is 25.5 Å². The first kappa shape index (κ1) is 12.7. The van der Waals surface area contributed by atoms with Crippen LogP contribution in [-0.2, 0) is 0 Å². The summed E-state index contributed by atoms with van der Waals surface area (Å²) in [6.45, 7) is 0. The Morgan fingerprint density at radius 3 is 2.52 bits per heavy atom. The van der Waals surface area contributed by atoms with Crippen LogP contribution in [0.4, 0.5) is 5.69 Å². The first-order valence-corrected chi connectivity index (χ1v) is 5.97. The molecule has 1 aromatic carbocycles. The molecule has 0 aliphatic heterocycles. The standard InChI is InChI=1S/C13H9N5O3/c19-11-8-2-1-7(5-9(8)12(20)18-17-11)16-13(21)10-6-14-3-4-15-10/h1-6H,(H,16,21)(H,17,19)(H,18,20). The molecule has 0 fully saturated rings. The summed E-state index contributed by atoms with van der Waals surface area (Å²) in [5.74, 6) is -0.455. The average molecular weight is 283 g/mol. The molecule has 0 bridgehead atoms. The summed E-state index contributed by atoms with van der Waals surface area (Å²) in [6, 6.07) is 4.43. The fraction of sp³-hybridized carbons (Fsp3) is 0. The number of carbonyl (C=O) groups is 1. The van der Waals surface area contributed by atoms with Gasteiger partial charge in [-0.2, -0.15) is 0 Å². The number of aromatic amines is 2. The minimum Gasteiger partial charge on any atom is -0.321 e. The van der Waals surface area contributed by atoms with Crippen molar-refractivity contribution in [2.45, 2.75) is 0 Å². The number of benzene rings is 1. The second-order valence-corrected chi connectivity index (χ2v) is 4.21. The van der Waals surface area contributed by atoms with Gasteiger partial charge in [0.15, 0.2) is 0 Å². The van der Waals surface area contributed by atoms with Gasteiger partial charge in [0.1, 0.15) is 5.69 Å². The molecule has 3 rings (SSSR count). The van der Waals surface area contributed by atoms with Crippen molar-refractivity contribution >= 4 is 22.4 Å². The zero-order valence-electron chi connectivity index (χ0n) is 10.6. The highest BCUT2D eigenvalue weighted by Gasteiger charge is 2.09. The number of fused-ring (bicyclic) bond motifs is 1. The number of hydrogen-bond donors (Lipinski definition) is 3. The maximum absolute atomic E-state index is 11.9. The Morgan fingerprint density at radius 2 is 1.81 bits per heavy atom. The van der Waals surface area contributed by atoms with E-state index in [0.717, 1.165) is 0 Å². The zero-order chi connectivity index (χ0) is 14.8. The molecule has 104 valence electrons. The predicted octanol–water partition coefficient (Wildman–Crippen LogP) is 0.259. The van der Waals surface area contributed by atoms with Crippen molar-refractivity contribution in [2.75, 3.05) is 5.32 Å². The highest BCUT2D eigenvalue weighted by atomic mass is 16.2. The van der Waals surface area contributed by atoms with Crippen LogP contribution in [0.2, 0.25) is 0 Å². The minimum atomic E-state index is -0.455. The van der Waals surface area contributed by atoms with Crippen LogP contribution in [0.5, 0.6) is 0 Å². The molecule has 0 unspecified atom stereocenters. The van der Waals surface area contributed by atoms with Gasteiger partial charge in [-0.15, -0.1) is 0 Å². The lowest BCUT2D eigenvalue weighted by Gasteiger charge is -2.05. The number of hydrogen-bond acceptors (Lipinski definition) is 5. The van der Waals surface area contributed by atoms with Gasteiger partial charge in [-0.1, -0.05) is 0 Å². The summed E-state index contributed by atoms with van der Waals surface area (Å²) < 4.78 is 0. The molecular formula is C13H9N5O3. The molecule has 0 saturated heterocycles. The first-order valence-electron chi connectivity index (χ1n) is 5.97. The van der Waals surface area contributed by atoms with E-state index < -0.39 is 17.0 Å². The largest absolute Gasteiger partial charge is 0.321 e. The second kappa shape index (κ2) is 5.00. The molecule has 21 heavy (non-hydrogen) atoms. The Labute approximate surface area is 116 Å². The van der Waals surface area contributed by atoms with Gasteiger partial charge in [-0.05, 0) is 18.2 Å². The number of anilines is 1. The zero-order valence-corrected chi connectivity index (χ0v) is 10.6. The van der Waals surface area contributed by atoms with E-state index in [-0.39, 0.29) is 16.5 Å². The molecule has 2 heterocycles. The number of nitrogens with zero attached hydrogens (tertiary/aromatic N) is 2. The van der Waals surface area contributed by atoms with E-state index in [1.807, 2.05) is 0 Å². The van der Waals surface area contributed by atoms with Crippen molar-refractivity contribution in [3.8, 4) is 0 Å². The fourth-order valence-electron chi connectivity index (χ4n) is 1.87. The van der Waals surface area contributed by atoms with Gasteiger partial charge in [0.2, 0.25) is 0 Å². The average Bonchev–Trinajstić information content (AvgIpc) is 2.52. The summed E-state index contributed by atoms with van der Waals surface area (Å²) in [7, 11) is 0. The lowest BCUT2D eigenvalue weighted by molar-refractivity contribution is 0.102. The van der Waals surface area contributed by atoms with Gasteiger partial charge in [-0.3, -0.25) is 29.6 Å². The Morgan fingerprint density at radius 1 is 1.05 bits per heavy atom. The Kier molecular flexibility index (Phi) is 3.03. The minimum absolute atomic E-state index is 0.150. The number of nitrogens with one attached hydrogen (secondary N) is 3. The van der Waals surface area contributed by atoms with Crippen LogP contribution in [0, 0.1) is 0 Å². The number of amides is 1. The number of H-pyrrole nitrogens is 2. The van der Waals surface area contributed by atoms with Gasteiger partial charge in [-0.25, -0.2) is 4.98 Å². The van der Waals surface area contributed by atoms with Crippen LogP contribution in [0.1, 0.15) is 10.5 Å². The molecular weight excluding hydrogens is 274 g/mol. The lowest BCUT2D eigenvalue weighted by atomic mass is 10.2. The Hall–Kier alpha value is -3.29. The number of carbonyl (C=O) groups excluding carboxylic acids is 1. The molecule has 3 N–H and O–H groups in total. The van der Waals surface area contributed by atoms with Crippen LogP contribution in [0.25, 0.3) is 10.8 Å². The van der Waals surface area contributed by atoms with E-state index >= 15 is 0 Å². The third-order valence-corrected chi connectivity index (χ3v) is 2.85. The van der Waals surface area contributed by atoms with Crippen LogP contribution < -0.4 is 16.4 Å². The summed E-state index contributed by atoms with van der Waals surface area (Å²) in [4.78, 5) is 42.8. The van der Waals surface area contributed by atoms with E-state index in [9.17, 15) is 14.4 Å². The highest BCUT2D eigenvalue weighted by Crippen LogP contribution is 2.13. The van der Waals surface area contributed by atoms with Crippen molar-refractivity contribution in [1.82, 2.24) is 20.2 Å². The molecule has 0 atom stereocenters. The molecule has 2 aromatic heterocycles. The predicted molar refractivity (Wildman–Crippen MR) is 75.2 cm³/mol. The van der Waals surface area contributed by atoms with Crippen LogP contribution in [0.15, 0.2) is 46.4 Å². The monoisotopic (exact) mass is 283 g/mol. The van der Waals surface area contributed by atoms with E-state index in [4.69, 9.17) is 0 Å². The van der Waals surface area contributed by atoms with Gasteiger partial charge in [0.05, 0.1) is 17.0 Å². The number of aromatic nitrogens is 4. The maximum atomic E-state index is 11.9. The van der Waals surface area contributed by atoms with Crippen molar-refractivity contribution in [3.63, 3.8) is 0 Å². The normalized spacial score (nSPS) is 10.5. The van der Waals surface area contributed by atoms with Crippen molar-refractivity contribution < 1.29 is 4.79 Å². The van der Waals surface area contributed by atoms with Crippen molar-refractivity contribution in [1.29, 1.82) is 0 Å². The first-order chi connectivity index (χ1) is 10.1. The molecule has 0 aliphatic rings. The van der Waals surface area contributed by atoms with Crippen LogP contribution >= 0.6 is 0 Å². The van der Waals surface area contributed by atoms with Crippen LogP contribution in [0.3, 0.4) is 0 Å². The molecule has 8 heteroatoms. The summed E-state index contributed by atoms with van der Waals surface area (Å²) >= 11 is 0. The second-order valence-electron chi connectivity index (χ2n) is 4.21. The topological polar surface area (TPSA) is 121 Å². The van der Waals surface area contributed by atoms with Gasteiger partial charge in [0.25, 0.3) is 17.0 Å². The third-order valence-electron chi connectivity index (χ3n) is 2.85. The van der Waals surface area contributed by atoms with Crippen LogP contribution in [-0.4, -0.2) is 26.1 Å². The SMILES string of the molecule is O=C(Nc1ccc2c(=O)[nH][nH]c(=O)c2c1)c1cnccn1. The molecule has 0 spiro atoms. The quantitative estimate of drug-likeness (QED) is 0.623. The highest BCUT2D eigenvalue weighted by molar-refractivity contribution is 6.03. The Bertz CT molecular complexity index is 930. The maximum Gasteiger partial charge on any atom is 0.275 e. The van der Waals surface area contributed by atoms with E-state index in [1.165, 1.54) is 36.8 Å². The summed E-state index contributed by atoms with van der Waals surface area (Å²) in [6.07, 6.45) is 4.19. The van der Waals surface area contributed by atoms with Gasteiger partial charge in [0, 0.05) is 18.1 Å². The summed E-state index contributed by atoms with van der Waals surface area (Å²) in [5.41, 5.74) is -0.316. The number of rotatable bonds is 2.